The Balaban J connectivity index is 0.000000171. The van der Waals surface area contributed by atoms with E-state index in [2.05, 4.69) is 73.6 Å². The number of aliphatic hydroxyl groups excluding tert-OH is 2. The second-order valence-corrected chi connectivity index (χ2v) is 38.2. The fourth-order valence-electron chi connectivity index (χ4n) is 24.7. The van der Waals surface area contributed by atoms with Crippen LogP contribution in [0.25, 0.3) is 0 Å². The minimum Gasteiger partial charge on any atom is -1.00 e. The molecule has 0 aromatic heterocycles. The van der Waals surface area contributed by atoms with Crippen LogP contribution in [-0.2, 0) is 83.4 Å². The van der Waals surface area contributed by atoms with Gasteiger partial charge in [0.25, 0.3) is 0 Å². The Labute approximate surface area is 737 Å². The third kappa shape index (κ3) is 22.1. The van der Waals surface area contributed by atoms with Crippen LogP contribution in [0.2, 0.25) is 0 Å². The van der Waals surface area contributed by atoms with Crippen LogP contribution in [0.5, 0.6) is 23.0 Å². The molecule has 16 rings (SSSR count). The molecule has 0 aliphatic heterocycles. The van der Waals surface area contributed by atoms with Crippen LogP contribution in [0.4, 0.5) is 0 Å². The van der Waals surface area contributed by atoms with Gasteiger partial charge in [-0.2, -0.15) is 0 Å². The molecule has 662 valence electrons. The van der Waals surface area contributed by atoms with Crippen LogP contribution in [0, 0.1) is 69.0 Å². The first kappa shape index (κ1) is 97.4. The van der Waals surface area contributed by atoms with Crippen molar-refractivity contribution in [3.63, 3.8) is 0 Å². The van der Waals surface area contributed by atoms with Crippen molar-refractivity contribution < 1.29 is 136 Å². The first-order valence-corrected chi connectivity index (χ1v) is 46.1. The molecule has 12 aliphatic rings. The van der Waals surface area contributed by atoms with E-state index in [1.807, 2.05) is 36.4 Å². The maximum absolute atomic E-state index is 13.0. The van der Waals surface area contributed by atoms with Crippen molar-refractivity contribution in [1.29, 1.82) is 0 Å². The standard InChI is InChI=1S/C22H32O5.C22H30O5.C22H32O4.C18H24O2.C8H17O5P.C2H5ClO.Na.H/c2*1-22-9-8-16-15-5-4-14(26-12-24-2)10-18(15)20(23)11-17(16)19(22)6-7-21(22)27-13-25-3;1-22-11-10-18-17-7-5-16(25-13-23-2)12-15(17)4-6-19(18)20(22)8-9-21(22)26-14-24-3;1-18-9-8-14-13-5-3-12(19)10-11(13)2-4-15(14)16(18)6-7-17(18)20;1-4-11-8(9)7-14(10,12-5-2)13-6-3;1-4-2-3;;/h4-5,10,16-17,19-21,23H,6-9,11-13H2,1-3H3;4-5,10,16-17,19,21H,6-9,11-13H2,1-3H3;5,7,12,18-21H,4,6,8-11,13-14H2,1-3H3;3,5,10,14-17,19-20H,2,4,6-9H2,1H3;4-7H2,1-3H3;2H2,1H3;;/q;;;;;;+1;-1/t16-,17-,19+,20?,21+,22+;16-,17-,19+,21+,22+;18-,19-,20+,21+,22+;14-,15-,16+,17+,18+;;;;/m1111..../s1. The number of hydrogen-bond acceptors (Lipinski definition) is 22. The van der Waals surface area contributed by atoms with Crippen molar-refractivity contribution in [2.24, 2.45) is 69.0 Å². The Hall–Kier alpha value is -3.82. The average Bonchev–Trinajstić information content (AvgIpc) is 1.53. The smallest absolute Gasteiger partial charge is 1.00 e. The Morgan fingerprint density at radius 1 is 0.462 bits per heavy atom. The van der Waals surface area contributed by atoms with E-state index >= 15 is 0 Å². The fraction of sp³-hybridized carbons (Fsp3) is 0.723. The molecule has 0 radical (unpaired) electrons. The largest absolute Gasteiger partial charge is 1.00 e. The first-order valence-electron chi connectivity index (χ1n) is 43.8. The zero-order chi connectivity index (χ0) is 84.5. The number of aromatic hydroxyl groups is 1. The van der Waals surface area contributed by atoms with Crippen molar-refractivity contribution in [1.82, 2.24) is 0 Å². The number of ether oxygens (including phenoxy) is 14. The number of carbonyl (C=O) groups is 2. The number of ketones is 1. The molecular weight excluding hydrogens is 1570 g/mol. The molecule has 0 bridgehead atoms. The van der Waals surface area contributed by atoms with Crippen LogP contribution in [0.15, 0.2) is 72.8 Å². The van der Waals surface area contributed by atoms with Gasteiger partial charge >= 0.3 is 43.1 Å². The van der Waals surface area contributed by atoms with E-state index in [1.54, 1.807) is 76.1 Å². The minimum atomic E-state index is -3.28. The van der Waals surface area contributed by atoms with Crippen LogP contribution in [0.1, 0.15) is 257 Å². The summed E-state index contributed by atoms with van der Waals surface area (Å²) in [5, 5.41) is 31.0. The van der Waals surface area contributed by atoms with E-state index in [-0.39, 0.29) is 111 Å². The Morgan fingerprint density at radius 2 is 0.866 bits per heavy atom. The van der Waals surface area contributed by atoms with E-state index < -0.39 is 19.7 Å². The molecule has 0 saturated heterocycles. The molecule has 4 aromatic carbocycles. The van der Waals surface area contributed by atoms with Gasteiger partial charge < -0.3 is 92.1 Å². The van der Waals surface area contributed by atoms with Gasteiger partial charge in [0.1, 0.15) is 55.6 Å². The molecule has 4 aromatic rings. The predicted molar refractivity (Wildman–Crippen MR) is 453 cm³/mol. The normalized spacial score (nSPS) is 32.9. The Bertz CT molecular complexity index is 3910. The molecule has 0 amide bonds. The van der Waals surface area contributed by atoms with Crippen molar-refractivity contribution in [2.45, 2.75) is 244 Å². The summed E-state index contributed by atoms with van der Waals surface area (Å²) in [6, 6.07) is 25.1. The van der Waals surface area contributed by atoms with Gasteiger partial charge in [-0.1, -0.05) is 63.6 Å². The van der Waals surface area contributed by atoms with Gasteiger partial charge in [-0.05, 0) is 336 Å². The molecule has 8 fully saturated rings. The molecule has 22 nitrogen and oxygen atoms in total. The topological polar surface area (TPSA) is 260 Å². The monoisotopic (exact) mass is 1710 g/mol. The van der Waals surface area contributed by atoms with E-state index in [4.69, 9.17) is 77.5 Å². The summed E-state index contributed by atoms with van der Waals surface area (Å²) >= 11 is 4.96. The van der Waals surface area contributed by atoms with E-state index in [0.717, 1.165) is 111 Å². The first-order chi connectivity index (χ1) is 56.9. The van der Waals surface area contributed by atoms with Gasteiger partial charge in [0.05, 0.1) is 50.3 Å². The van der Waals surface area contributed by atoms with E-state index in [9.17, 15) is 29.5 Å². The summed E-state index contributed by atoms with van der Waals surface area (Å²) in [6.07, 6.45) is 24.9. The summed E-state index contributed by atoms with van der Waals surface area (Å²) in [7, 11) is 8.21. The Morgan fingerprint density at radius 3 is 1.34 bits per heavy atom. The van der Waals surface area contributed by atoms with Gasteiger partial charge in [0, 0.05) is 61.8 Å². The summed E-state index contributed by atoms with van der Waals surface area (Å²) in [5.41, 5.74) is 11.1. The number of rotatable bonds is 26. The van der Waals surface area contributed by atoms with Crippen molar-refractivity contribution >= 4 is 30.9 Å². The molecule has 119 heavy (non-hydrogen) atoms. The minimum absolute atomic E-state index is 0. The van der Waals surface area contributed by atoms with Gasteiger partial charge in [-0.15, -0.1) is 0 Å². The SMILES string of the molecule is CCOC(=O)CP(=O)(OCC)OCC.COCCl.COCOc1ccc2c(c1)C(=O)C[C@@H]1[C@@H]2CC[C@]2(C)[C@@H](OCOC)CC[C@@H]12.COCOc1ccc2c(c1)C(O)C[C@@H]1[C@@H]2CC[C@]2(C)[C@@H](OCOC)CC[C@@H]12.COCOc1ccc2c(c1)CC[C@@H]1[C@@H]2CC[C@]2(C)[C@@H](OCOC)CC[C@@H]12.C[C@]12CC[C@@H]3c4ccc(O)cc4CC[C@H]3[C@@H]1CC[C@@H]2O.[H-].[Na+]. The maximum atomic E-state index is 13.0. The van der Waals surface area contributed by atoms with Gasteiger partial charge in [-0.25, -0.2) is 0 Å². The number of aliphatic hydroxyl groups is 2. The molecular formula is C94H141ClNaO22P. The number of alkyl halides is 1. The summed E-state index contributed by atoms with van der Waals surface area (Å²) < 4.78 is 95.9. The van der Waals surface area contributed by atoms with Crippen molar-refractivity contribution in [3.05, 3.63) is 117 Å². The molecule has 8 saturated carbocycles. The number of benzene rings is 4. The third-order valence-electron chi connectivity index (χ3n) is 30.0. The number of methoxy groups -OCH3 is 7. The predicted octanol–water partition coefficient (Wildman–Crippen LogP) is 16.0. The average molecular weight is 1710 g/mol. The van der Waals surface area contributed by atoms with Crippen LogP contribution in [-0.4, -0.2) is 174 Å². The number of halogens is 1. The molecule has 1 unspecified atom stereocenters. The second kappa shape index (κ2) is 45.1. The zero-order valence-electron chi connectivity index (χ0n) is 75.0. The molecule has 3 N–H and O–H groups in total. The zero-order valence-corrected chi connectivity index (χ0v) is 77.7. The number of aryl methyl sites for hydroxylation is 2. The van der Waals surface area contributed by atoms with E-state index in [1.165, 1.54) is 92.0 Å². The number of phenols is 1. The second-order valence-electron chi connectivity index (χ2n) is 35.9. The van der Waals surface area contributed by atoms with Crippen molar-refractivity contribution in [3.8, 4) is 23.0 Å². The number of fused-ring (bicyclic) bond motifs is 20. The molecule has 21 atom stereocenters. The van der Waals surface area contributed by atoms with Crippen LogP contribution < -0.4 is 43.8 Å². The van der Waals surface area contributed by atoms with Crippen molar-refractivity contribution in [2.75, 3.05) is 123 Å². The van der Waals surface area contributed by atoms with Gasteiger partial charge in [0.2, 0.25) is 0 Å². The van der Waals surface area contributed by atoms with Crippen LogP contribution in [0.3, 0.4) is 0 Å². The van der Waals surface area contributed by atoms with Crippen LogP contribution >= 0.6 is 19.2 Å². The van der Waals surface area contributed by atoms with E-state index in [0.29, 0.717) is 116 Å². The number of esters is 1. The molecule has 12 aliphatic carbocycles. The summed E-state index contributed by atoms with van der Waals surface area (Å²) in [6.45, 7) is 17.3. The summed E-state index contributed by atoms with van der Waals surface area (Å²) in [4.78, 5) is 24.0. The Kier molecular flexibility index (Phi) is 36.9. The number of hydrogen-bond donors (Lipinski definition) is 3. The maximum Gasteiger partial charge on any atom is 1.00 e. The fourth-order valence-corrected chi connectivity index (χ4v) is 26.2. The molecule has 25 heteroatoms. The molecule has 0 heterocycles. The third-order valence-corrected chi connectivity index (χ3v) is 32.2. The number of phenolic OH excluding ortho intramolecular Hbond substituents is 1. The quantitative estimate of drug-likeness (QED) is 0.0173. The number of Topliss-reactive ketones (excluding diaryl/α,β-unsaturated/α-hetero) is 1. The van der Waals surface area contributed by atoms with Gasteiger partial charge in [0.15, 0.2) is 26.2 Å². The molecule has 0 spiro atoms. The number of carbonyl (C=O) groups excluding carboxylic acids is 2. The summed E-state index contributed by atoms with van der Waals surface area (Å²) in [5.74, 6) is 9.94. The van der Waals surface area contributed by atoms with Gasteiger partial charge in [-0.3, -0.25) is 14.2 Å².